The Morgan fingerprint density at radius 1 is 1.04 bits per heavy atom. The van der Waals surface area contributed by atoms with E-state index in [4.69, 9.17) is 27.9 Å². The lowest BCUT2D eigenvalue weighted by atomic mass is 10.1. The van der Waals surface area contributed by atoms with Crippen LogP contribution in [0.4, 0.5) is 0 Å². The highest BCUT2D eigenvalue weighted by Crippen LogP contribution is 2.26. The standard InChI is InChI=1S/C20H16Cl2O4/c1-26-20-10-13(3-9-19(20)25)2-7-16(23)12-17(24)8-5-14-4-6-15(21)11-18(14)22/h2-11,25H,12H2,1H3. The molecule has 2 aromatic carbocycles. The molecule has 0 bridgehead atoms. The minimum absolute atomic E-state index is 0.0113. The van der Waals surface area contributed by atoms with Crippen molar-refractivity contribution in [1.29, 1.82) is 0 Å². The highest BCUT2D eigenvalue weighted by molar-refractivity contribution is 6.35. The first-order valence-electron chi connectivity index (χ1n) is 7.63. The number of carbonyl (C=O) groups excluding carboxylic acids is 2. The summed E-state index contributed by atoms with van der Waals surface area (Å²) in [5.74, 6) is -0.363. The molecule has 0 atom stereocenters. The van der Waals surface area contributed by atoms with Gasteiger partial charge in [-0.3, -0.25) is 9.59 Å². The third kappa shape index (κ3) is 5.76. The summed E-state index contributed by atoms with van der Waals surface area (Å²) in [4.78, 5) is 23.8. The lowest BCUT2D eigenvalue weighted by Gasteiger charge is -2.03. The number of ketones is 2. The van der Waals surface area contributed by atoms with E-state index in [1.54, 1.807) is 42.5 Å². The number of phenolic OH excluding ortho intramolecular Hbond substituents is 1. The largest absolute Gasteiger partial charge is 0.504 e. The summed E-state index contributed by atoms with van der Waals surface area (Å²) in [6.45, 7) is 0. The Hall–Kier alpha value is -2.56. The molecule has 0 heterocycles. The van der Waals surface area contributed by atoms with E-state index >= 15 is 0 Å². The van der Waals surface area contributed by atoms with Crippen LogP contribution in [-0.4, -0.2) is 23.8 Å². The minimum Gasteiger partial charge on any atom is -0.504 e. The molecule has 0 saturated heterocycles. The summed E-state index contributed by atoms with van der Waals surface area (Å²) in [6, 6.07) is 9.61. The molecule has 2 rings (SSSR count). The Bertz CT molecular complexity index is 885. The Morgan fingerprint density at radius 3 is 2.38 bits per heavy atom. The van der Waals surface area contributed by atoms with Gasteiger partial charge in [-0.05, 0) is 53.6 Å². The van der Waals surface area contributed by atoms with Gasteiger partial charge in [0.1, 0.15) is 0 Å². The number of rotatable bonds is 7. The van der Waals surface area contributed by atoms with Gasteiger partial charge in [-0.25, -0.2) is 0 Å². The van der Waals surface area contributed by atoms with Crippen LogP contribution >= 0.6 is 23.2 Å². The molecular weight excluding hydrogens is 375 g/mol. The van der Waals surface area contributed by atoms with Gasteiger partial charge in [-0.1, -0.05) is 41.4 Å². The lowest BCUT2D eigenvalue weighted by Crippen LogP contribution is -2.01. The van der Waals surface area contributed by atoms with Crippen molar-refractivity contribution in [2.75, 3.05) is 7.11 Å². The zero-order valence-electron chi connectivity index (χ0n) is 13.9. The van der Waals surface area contributed by atoms with Crippen molar-refractivity contribution >= 4 is 46.9 Å². The van der Waals surface area contributed by atoms with Gasteiger partial charge in [0.05, 0.1) is 13.5 Å². The van der Waals surface area contributed by atoms with Crippen LogP contribution in [0.15, 0.2) is 48.6 Å². The maximum atomic E-state index is 11.9. The molecular formula is C20H16Cl2O4. The average Bonchev–Trinajstić information content (AvgIpc) is 2.60. The molecule has 26 heavy (non-hydrogen) atoms. The summed E-state index contributed by atoms with van der Waals surface area (Å²) in [5.41, 5.74) is 1.31. The predicted octanol–water partition coefficient (Wildman–Crippen LogP) is 4.96. The smallest absolute Gasteiger partial charge is 0.163 e. The second-order valence-corrected chi connectivity index (χ2v) is 6.22. The van der Waals surface area contributed by atoms with Crippen LogP contribution in [0.1, 0.15) is 17.5 Å². The number of carbonyl (C=O) groups is 2. The fourth-order valence-corrected chi connectivity index (χ4v) is 2.57. The minimum atomic E-state index is -0.339. The molecule has 0 saturated carbocycles. The zero-order valence-corrected chi connectivity index (χ0v) is 15.4. The molecule has 0 unspecified atom stereocenters. The molecule has 0 amide bonds. The third-order valence-electron chi connectivity index (χ3n) is 3.43. The number of halogens is 2. The molecule has 0 aliphatic rings. The van der Waals surface area contributed by atoms with Crippen molar-refractivity contribution in [1.82, 2.24) is 0 Å². The molecule has 2 aromatic rings. The Labute approximate surface area is 161 Å². The molecule has 4 nitrogen and oxygen atoms in total. The molecule has 0 spiro atoms. The maximum absolute atomic E-state index is 11.9. The quantitative estimate of drug-likeness (QED) is 0.535. The van der Waals surface area contributed by atoms with E-state index in [0.717, 1.165) is 0 Å². The molecule has 0 aliphatic carbocycles. The number of hydrogen-bond acceptors (Lipinski definition) is 4. The average molecular weight is 391 g/mol. The van der Waals surface area contributed by atoms with Crippen molar-refractivity contribution in [2.24, 2.45) is 0 Å². The fourth-order valence-electron chi connectivity index (χ4n) is 2.10. The van der Waals surface area contributed by atoms with E-state index in [1.807, 2.05) is 0 Å². The summed E-state index contributed by atoms with van der Waals surface area (Å²) >= 11 is 11.8. The molecule has 0 aliphatic heterocycles. The number of methoxy groups -OCH3 is 1. The van der Waals surface area contributed by atoms with Crippen molar-refractivity contribution in [2.45, 2.75) is 6.42 Å². The lowest BCUT2D eigenvalue weighted by molar-refractivity contribution is -0.121. The van der Waals surface area contributed by atoms with Crippen molar-refractivity contribution in [3.05, 3.63) is 69.7 Å². The maximum Gasteiger partial charge on any atom is 0.163 e. The van der Waals surface area contributed by atoms with Crippen LogP contribution in [0, 0.1) is 0 Å². The van der Waals surface area contributed by atoms with E-state index < -0.39 is 0 Å². The topological polar surface area (TPSA) is 63.6 Å². The van der Waals surface area contributed by atoms with Gasteiger partial charge in [0, 0.05) is 10.0 Å². The van der Waals surface area contributed by atoms with Crippen molar-refractivity contribution in [3.63, 3.8) is 0 Å². The van der Waals surface area contributed by atoms with Gasteiger partial charge in [-0.2, -0.15) is 0 Å². The van der Waals surface area contributed by atoms with E-state index in [2.05, 4.69) is 0 Å². The summed E-state index contributed by atoms with van der Waals surface area (Å²) in [6.07, 6.45) is 5.46. The highest BCUT2D eigenvalue weighted by atomic mass is 35.5. The number of phenols is 1. The van der Waals surface area contributed by atoms with E-state index in [-0.39, 0.29) is 23.7 Å². The van der Waals surface area contributed by atoms with E-state index in [9.17, 15) is 14.7 Å². The first kappa shape index (κ1) is 19.8. The predicted molar refractivity (Wildman–Crippen MR) is 104 cm³/mol. The SMILES string of the molecule is COc1cc(C=CC(=O)CC(=O)C=Cc2ccc(Cl)cc2Cl)ccc1O. The molecule has 0 fully saturated rings. The van der Waals surface area contributed by atoms with E-state index in [1.165, 1.54) is 25.3 Å². The molecule has 0 radical (unpaired) electrons. The van der Waals surface area contributed by atoms with Crippen molar-refractivity contribution < 1.29 is 19.4 Å². The van der Waals surface area contributed by atoms with Crippen LogP contribution in [0.25, 0.3) is 12.2 Å². The number of hydrogen-bond donors (Lipinski definition) is 1. The van der Waals surface area contributed by atoms with Crippen LogP contribution in [0.2, 0.25) is 10.0 Å². The molecule has 6 heteroatoms. The van der Waals surface area contributed by atoms with Gasteiger partial charge in [0.25, 0.3) is 0 Å². The van der Waals surface area contributed by atoms with Crippen LogP contribution in [0.3, 0.4) is 0 Å². The third-order valence-corrected chi connectivity index (χ3v) is 3.99. The summed E-state index contributed by atoms with van der Waals surface area (Å²) < 4.78 is 5.00. The van der Waals surface area contributed by atoms with Crippen LogP contribution in [0.5, 0.6) is 11.5 Å². The normalized spacial score (nSPS) is 11.2. The number of ether oxygens (including phenoxy) is 1. The van der Waals surface area contributed by atoms with Crippen molar-refractivity contribution in [3.8, 4) is 11.5 Å². The zero-order chi connectivity index (χ0) is 19.1. The Balaban J connectivity index is 1.96. The first-order chi connectivity index (χ1) is 12.4. The fraction of sp³-hybridized carbons (Fsp3) is 0.100. The number of benzene rings is 2. The monoisotopic (exact) mass is 390 g/mol. The van der Waals surface area contributed by atoms with Gasteiger partial charge in [0.2, 0.25) is 0 Å². The number of allylic oxidation sites excluding steroid dienone is 2. The van der Waals surface area contributed by atoms with Gasteiger partial charge < -0.3 is 9.84 Å². The number of aromatic hydroxyl groups is 1. The second kappa shape index (κ2) is 9.22. The van der Waals surface area contributed by atoms with Gasteiger partial charge in [-0.15, -0.1) is 0 Å². The van der Waals surface area contributed by atoms with Gasteiger partial charge in [0.15, 0.2) is 23.1 Å². The summed E-state index contributed by atoms with van der Waals surface area (Å²) in [7, 11) is 1.44. The summed E-state index contributed by atoms with van der Waals surface area (Å²) in [5, 5.41) is 10.5. The Kier molecular flexibility index (Phi) is 7.01. The Morgan fingerprint density at radius 2 is 1.73 bits per heavy atom. The second-order valence-electron chi connectivity index (χ2n) is 5.37. The van der Waals surface area contributed by atoms with E-state index in [0.29, 0.717) is 26.9 Å². The molecule has 0 aromatic heterocycles. The molecule has 134 valence electrons. The van der Waals surface area contributed by atoms with Crippen LogP contribution < -0.4 is 4.74 Å². The highest BCUT2D eigenvalue weighted by Gasteiger charge is 2.05. The van der Waals surface area contributed by atoms with Gasteiger partial charge >= 0.3 is 0 Å². The molecule has 1 N–H and O–H groups in total. The first-order valence-corrected chi connectivity index (χ1v) is 8.38. The van der Waals surface area contributed by atoms with Crippen LogP contribution in [-0.2, 0) is 9.59 Å².